The number of benzene rings is 1. The number of nitrogen functional groups attached to an aromatic ring is 1. The van der Waals surface area contributed by atoms with Crippen LogP contribution in [0.2, 0.25) is 0 Å². The summed E-state index contributed by atoms with van der Waals surface area (Å²) >= 11 is 0. The molecule has 2 heterocycles. The highest BCUT2D eigenvalue weighted by molar-refractivity contribution is 7.52. The van der Waals surface area contributed by atoms with Gasteiger partial charge in [-0.1, -0.05) is 39.0 Å². The average Bonchev–Trinajstić information content (AvgIpc) is 3.42. The average molecular weight is 612 g/mol. The van der Waals surface area contributed by atoms with Crippen molar-refractivity contribution in [3.63, 3.8) is 0 Å². The number of carbonyl (C=O) groups excluding carboxylic acids is 1. The molecule has 5 N–H and O–H groups in total. The Balaban J connectivity index is 1.84. The van der Waals surface area contributed by atoms with Crippen molar-refractivity contribution >= 4 is 25.1 Å². The fourth-order valence-corrected chi connectivity index (χ4v) is 5.32. The maximum Gasteiger partial charge on any atom is 0.459 e. The Hall–Kier alpha value is -3.13. The molecular formula is C27H39FN5O8P. The van der Waals surface area contributed by atoms with Gasteiger partial charge in [0.2, 0.25) is 0 Å². The maximum absolute atomic E-state index is 14.6. The summed E-state index contributed by atoms with van der Waals surface area (Å²) in [7, 11) is -3.36. The molecule has 0 radical (unpaired) electrons. The van der Waals surface area contributed by atoms with E-state index in [9.17, 15) is 24.0 Å². The third kappa shape index (κ3) is 7.82. The first-order valence-corrected chi connectivity index (χ1v) is 14.8. The number of nitrogens with zero attached hydrogens (tertiary/aromatic N) is 3. The summed E-state index contributed by atoms with van der Waals surface area (Å²) in [5, 5.41) is 28.7. The quantitative estimate of drug-likeness (QED) is 0.137. The van der Waals surface area contributed by atoms with Crippen molar-refractivity contribution < 1.29 is 42.5 Å². The SMILES string of the molecule is CCC(C)(C)COC(=O)[C@H](C)NP(=O)(OC[C@@](CF)(OC)[C@@H](O)[C@@H](O)c1ccc2c(N)ncnn12)Oc1ccccc1. The molecule has 0 aliphatic carbocycles. The number of aromatic nitrogens is 3. The molecule has 0 spiro atoms. The number of rotatable bonds is 16. The number of aliphatic hydroxyl groups is 2. The van der Waals surface area contributed by atoms with Gasteiger partial charge < -0.3 is 29.9 Å². The summed E-state index contributed by atoms with van der Waals surface area (Å²) in [6, 6.07) is 9.78. The zero-order valence-electron chi connectivity index (χ0n) is 24.3. The number of esters is 1. The lowest BCUT2D eigenvalue weighted by molar-refractivity contribution is -0.170. The molecular weight excluding hydrogens is 572 g/mol. The minimum absolute atomic E-state index is 0.0645. The van der Waals surface area contributed by atoms with Crippen molar-refractivity contribution in [2.24, 2.45) is 5.41 Å². The third-order valence-electron chi connectivity index (χ3n) is 7.00. The van der Waals surface area contributed by atoms with Gasteiger partial charge in [0, 0.05) is 7.11 Å². The number of para-hydroxylation sites is 1. The zero-order chi connectivity index (χ0) is 31.1. The Kier molecular flexibility index (Phi) is 11.0. The Bertz CT molecular complexity index is 1370. The molecule has 0 bridgehead atoms. The second kappa shape index (κ2) is 13.9. The monoisotopic (exact) mass is 611 g/mol. The number of nitrogens with two attached hydrogens (primary N) is 1. The Morgan fingerprint density at radius 3 is 2.50 bits per heavy atom. The van der Waals surface area contributed by atoms with E-state index in [1.807, 2.05) is 20.8 Å². The van der Waals surface area contributed by atoms with Crippen LogP contribution >= 0.6 is 7.75 Å². The Morgan fingerprint density at radius 2 is 1.88 bits per heavy atom. The van der Waals surface area contributed by atoms with E-state index in [1.165, 1.54) is 35.7 Å². The normalized spacial score (nSPS) is 17.1. The van der Waals surface area contributed by atoms with Gasteiger partial charge >= 0.3 is 13.7 Å². The third-order valence-corrected chi connectivity index (χ3v) is 8.62. The van der Waals surface area contributed by atoms with E-state index in [0.717, 1.165) is 19.9 Å². The lowest BCUT2D eigenvalue weighted by atomic mass is 9.92. The lowest BCUT2D eigenvalue weighted by Crippen LogP contribution is -2.53. The number of ether oxygens (including phenoxy) is 2. The molecule has 0 aliphatic heterocycles. The molecule has 0 saturated carbocycles. The first-order valence-electron chi connectivity index (χ1n) is 13.3. The number of hydrogen-bond donors (Lipinski definition) is 4. The number of alkyl halides is 1. The van der Waals surface area contributed by atoms with Gasteiger partial charge in [0.1, 0.15) is 48.1 Å². The van der Waals surface area contributed by atoms with Crippen LogP contribution in [0.25, 0.3) is 5.52 Å². The van der Waals surface area contributed by atoms with Gasteiger partial charge in [-0.15, -0.1) is 0 Å². The van der Waals surface area contributed by atoms with Crippen LogP contribution in [0.3, 0.4) is 0 Å². The number of methoxy groups -OCH3 is 1. The molecule has 2 aromatic heterocycles. The molecule has 0 amide bonds. The van der Waals surface area contributed by atoms with Crippen LogP contribution in [0, 0.1) is 5.41 Å². The van der Waals surface area contributed by atoms with Crippen LogP contribution in [-0.2, 0) is 23.4 Å². The van der Waals surface area contributed by atoms with Gasteiger partial charge in [-0.2, -0.15) is 10.2 Å². The van der Waals surface area contributed by atoms with Crippen LogP contribution in [0.1, 0.15) is 45.9 Å². The van der Waals surface area contributed by atoms with Crippen molar-refractivity contribution in [2.75, 3.05) is 32.7 Å². The lowest BCUT2D eigenvalue weighted by Gasteiger charge is -2.37. The van der Waals surface area contributed by atoms with Gasteiger partial charge in [-0.3, -0.25) is 9.32 Å². The predicted molar refractivity (Wildman–Crippen MR) is 152 cm³/mol. The van der Waals surface area contributed by atoms with Crippen molar-refractivity contribution in [3.05, 3.63) is 54.5 Å². The van der Waals surface area contributed by atoms with Gasteiger partial charge in [0.05, 0.1) is 18.9 Å². The van der Waals surface area contributed by atoms with E-state index in [2.05, 4.69) is 15.2 Å². The van der Waals surface area contributed by atoms with E-state index >= 15 is 0 Å². The second-order valence-corrected chi connectivity index (χ2v) is 12.3. The van der Waals surface area contributed by atoms with Gasteiger partial charge in [0.25, 0.3) is 0 Å². The van der Waals surface area contributed by atoms with E-state index in [4.69, 9.17) is 24.3 Å². The van der Waals surface area contributed by atoms with Crippen LogP contribution in [0.15, 0.2) is 48.8 Å². The standard InChI is InChI=1S/C27H39FN5O8P/c1-6-26(3,4)15-39-25(36)18(2)32-42(37,41-19-10-8-7-9-11-19)40-16-27(14-28,38-5)23(35)22(34)20-12-13-21-24(29)30-17-31-33(20)21/h7-13,17-18,22-23,34-35H,6,14-16H2,1-5H3,(H,32,37)(H2,29,30,31)/t18-,22-,23-,27+,42?/m0/s1. The number of fused-ring (bicyclic) bond motifs is 1. The van der Waals surface area contributed by atoms with E-state index in [-0.39, 0.29) is 29.3 Å². The summed E-state index contributed by atoms with van der Waals surface area (Å²) in [6.45, 7) is 5.15. The summed E-state index contributed by atoms with van der Waals surface area (Å²) < 4.78 is 51.7. The summed E-state index contributed by atoms with van der Waals surface area (Å²) in [5.74, 6) is -0.458. The molecule has 1 unspecified atom stereocenters. The molecule has 232 valence electrons. The van der Waals surface area contributed by atoms with Crippen molar-refractivity contribution in [1.29, 1.82) is 0 Å². The molecule has 0 aliphatic rings. The highest BCUT2D eigenvalue weighted by atomic mass is 31.2. The molecule has 1 aromatic carbocycles. The van der Waals surface area contributed by atoms with Crippen LogP contribution in [-0.4, -0.2) is 75.5 Å². The van der Waals surface area contributed by atoms with Gasteiger partial charge in [-0.25, -0.2) is 18.5 Å². The van der Waals surface area contributed by atoms with E-state index in [1.54, 1.807) is 18.2 Å². The first-order chi connectivity index (χ1) is 19.8. The number of hydrogen-bond acceptors (Lipinski definition) is 11. The number of anilines is 1. The molecule has 42 heavy (non-hydrogen) atoms. The fraction of sp³-hybridized carbons (Fsp3) is 0.519. The molecule has 3 aromatic rings. The number of carbonyl (C=O) groups is 1. The first kappa shape index (κ1) is 33.4. The molecule has 5 atom stereocenters. The number of nitrogens with one attached hydrogen (secondary N) is 1. The Labute approximate surface area is 243 Å². The van der Waals surface area contributed by atoms with Crippen molar-refractivity contribution in [1.82, 2.24) is 19.7 Å². The summed E-state index contributed by atoms with van der Waals surface area (Å²) in [5.41, 5.74) is 3.77. The summed E-state index contributed by atoms with van der Waals surface area (Å²) in [6.07, 6.45) is -1.79. The summed E-state index contributed by atoms with van der Waals surface area (Å²) in [4.78, 5) is 16.6. The molecule has 0 saturated heterocycles. The largest absolute Gasteiger partial charge is 0.464 e. The highest BCUT2D eigenvalue weighted by Gasteiger charge is 2.47. The van der Waals surface area contributed by atoms with Gasteiger partial charge in [-0.05, 0) is 43.0 Å². The Morgan fingerprint density at radius 1 is 1.19 bits per heavy atom. The molecule has 13 nitrogen and oxygen atoms in total. The van der Waals surface area contributed by atoms with E-state index < -0.39 is 50.8 Å². The smallest absolute Gasteiger partial charge is 0.459 e. The minimum atomic E-state index is -4.45. The van der Waals surface area contributed by atoms with Crippen LogP contribution in [0.5, 0.6) is 5.75 Å². The van der Waals surface area contributed by atoms with Crippen LogP contribution < -0.4 is 15.3 Å². The maximum atomic E-state index is 14.6. The van der Waals surface area contributed by atoms with Crippen molar-refractivity contribution in [3.8, 4) is 5.75 Å². The predicted octanol–water partition coefficient (Wildman–Crippen LogP) is 3.22. The highest BCUT2D eigenvalue weighted by Crippen LogP contribution is 2.46. The second-order valence-electron chi connectivity index (χ2n) is 10.6. The number of halogens is 1. The zero-order valence-corrected chi connectivity index (χ0v) is 25.2. The topological polar surface area (TPSA) is 180 Å². The number of aliphatic hydroxyl groups excluding tert-OH is 2. The van der Waals surface area contributed by atoms with E-state index in [0.29, 0.717) is 5.52 Å². The van der Waals surface area contributed by atoms with Crippen molar-refractivity contribution in [2.45, 2.75) is 58.0 Å². The van der Waals surface area contributed by atoms with Gasteiger partial charge in [0.15, 0.2) is 5.82 Å². The fourth-order valence-electron chi connectivity index (χ4n) is 3.77. The minimum Gasteiger partial charge on any atom is -0.464 e. The van der Waals surface area contributed by atoms with Crippen LogP contribution in [0.4, 0.5) is 10.2 Å². The molecule has 3 rings (SSSR count). The molecule has 0 fully saturated rings. The molecule has 15 heteroatoms.